The molecule has 0 bridgehead atoms. The lowest BCUT2D eigenvalue weighted by atomic mass is 10.1. The van der Waals surface area contributed by atoms with Crippen LogP contribution in [0.5, 0.6) is 11.5 Å². The van der Waals surface area contributed by atoms with E-state index in [0.29, 0.717) is 18.5 Å². The van der Waals surface area contributed by atoms with Crippen molar-refractivity contribution in [2.45, 2.75) is 19.4 Å². The average molecular weight is 262 g/mol. The van der Waals surface area contributed by atoms with Gasteiger partial charge in [0, 0.05) is 26.1 Å². The van der Waals surface area contributed by atoms with Crippen molar-refractivity contribution in [3.05, 3.63) is 35.9 Å². The molecule has 0 fully saturated rings. The van der Waals surface area contributed by atoms with Gasteiger partial charge < -0.3 is 15.5 Å². The van der Waals surface area contributed by atoms with Gasteiger partial charge in [-0.15, -0.1) is 0 Å². The van der Waals surface area contributed by atoms with Gasteiger partial charge >= 0.3 is 0 Å². The fourth-order valence-electron chi connectivity index (χ4n) is 1.99. The van der Waals surface area contributed by atoms with Gasteiger partial charge in [0.1, 0.15) is 17.8 Å². The molecular weight excluding hydrogens is 244 g/mol. The van der Waals surface area contributed by atoms with E-state index < -0.39 is 0 Å². The number of aromatic nitrogens is 3. The third-order valence-corrected chi connectivity index (χ3v) is 2.94. The molecule has 0 saturated carbocycles. The van der Waals surface area contributed by atoms with Gasteiger partial charge in [0.15, 0.2) is 5.82 Å². The van der Waals surface area contributed by atoms with E-state index in [-0.39, 0.29) is 17.5 Å². The number of aromatic hydroxyl groups is 2. The van der Waals surface area contributed by atoms with Crippen LogP contribution in [0.25, 0.3) is 0 Å². The van der Waals surface area contributed by atoms with E-state index in [9.17, 15) is 10.2 Å². The molecular formula is C13H18N4O2. The highest BCUT2D eigenvalue weighted by Crippen LogP contribution is 2.31. The van der Waals surface area contributed by atoms with Crippen LogP contribution in [-0.2, 0) is 13.5 Å². The van der Waals surface area contributed by atoms with Crippen LogP contribution in [-0.4, -0.2) is 31.5 Å². The number of phenols is 2. The second kappa shape index (κ2) is 5.71. The van der Waals surface area contributed by atoms with Gasteiger partial charge in [0.2, 0.25) is 0 Å². The quantitative estimate of drug-likeness (QED) is 0.752. The molecule has 19 heavy (non-hydrogen) atoms. The third kappa shape index (κ3) is 3.23. The summed E-state index contributed by atoms with van der Waals surface area (Å²) in [6.07, 6.45) is 2.35. The molecule has 0 aliphatic carbocycles. The minimum atomic E-state index is -0.148. The standard InChI is InChI=1S/C13H18N4O2/c1-9(13-10(18)4-3-5-11(13)19)14-7-6-12-15-8-17(2)16-12/h3-5,8-9,14,18-19H,6-7H2,1-2H3. The zero-order valence-corrected chi connectivity index (χ0v) is 11.0. The van der Waals surface area contributed by atoms with Crippen molar-refractivity contribution >= 4 is 0 Å². The average Bonchev–Trinajstić information content (AvgIpc) is 2.75. The summed E-state index contributed by atoms with van der Waals surface area (Å²) in [4.78, 5) is 4.13. The minimum absolute atomic E-state index is 0.0935. The Hall–Kier alpha value is -2.08. The maximum absolute atomic E-state index is 9.75. The molecule has 0 spiro atoms. The number of hydrogen-bond acceptors (Lipinski definition) is 5. The summed E-state index contributed by atoms with van der Waals surface area (Å²) in [5.74, 6) is 0.954. The Labute approximate surface area is 111 Å². The molecule has 1 aromatic carbocycles. The fraction of sp³-hybridized carbons (Fsp3) is 0.385. The molecule has 3 N–H and O–H groups in total. The monoisotopic (exact) mass is 262 g/mol. The van der Waals surface area contributed by atoms with Gasteiger partial charge in [-0.2, -0.15) is 5.10 Å². The third-order valence-electron chi connectivity index (χ3n) is 2.94. The first-order valence-electron chi connectivity index (χ1n) is 6.16. The molecule has 0 saturated heterocycles. The molecule has 0 amide bonds. The molecule has 1 atom stereocenters. The van der Waals surface area contributed by atoms with Crippen molar-refractivity contribution in [2.75, 3.05) is 6.54 Å². The zero-order valence-electron chi connectivity index (χ0n) is 11.0. The predicted molar refractivity (Wildman–Crippen MR) is 70.9 cm³/mol. The Morgan fingerprint density at radius 2 is 2.00 bits per heavy atom. The van der Waals surface area contributed by atoms with Crippen LogP contribution in [0.4, 0.5) is 0 Å². The van der Waals surface area contributed by atoms with Crippen LogP contribution >= 0.6 is 0 Å². The van der Waals surface area contributed by atoms with Gasteiger partial charge in [-0.25, -0.2) is 4.98 Å². The number of nitrogens with zero attached hydrogens (tertiary/aromatic N) is 3. The number of benzene rings is 1. The number of phenolic OH excluding ortho intramolecular Hbond substituents is 2. The molecule has 1 unspecified atom stereocenters. The van der Waals surface area contributed by atoms with Crippen molar-refractivity contribution in [1.29, 1.82) is 0 Å². The summed E-state index contributed by atoms with van der Waals surface area (Å²) in [7, 11) is 1.83. The second-order valence-corrected chi connectivity index (χ2v) is 4.47. The highest BCUT2D eigenvalue weighted by Gasteiger charge is 2.14. The van der Waals surface area contributed by atoms with E-state index in [1.165, 1.54) is 0 Å². The summed E-state index contributed by atoms with van der Waals surface area (Å²) in [5.41, 5.74) is 0.511. The number of rotatable bonds is 5. The molecule has 102 valence electrons. The predicted octanol–water partition coefficient (Wildman–Crippen LogP) is 1.12. The molecule has 0 aliphatic heterocycles. The summed E-state index contributed by atoms with van der Waals surface area (Å²) in [6, 6.07) is 4.59. The summed E-state index contributed by atoms with van der Waals surface area (Å²) in [6.45, 7) is 2.56. The largest absolute Gasteiger partial charge is 0.507 e. The topological polar surface area (TPSA) is 83.2 Å². The number of hydrogen-bond donors (Lipinski definition) is 3. The Morgan fingerprint density at radius 3 is 2.58 bits per heavy atom. The van der Waals surface area contributed by atoms with Crippen molar-refractivity contribution in [3.8, 4) is 11.5 Å². The van der Waals surface area contributed by atoms with Gasteiger partial charge in [0.05, 0.1) is 5.56 Å². The summed E-state index contributed by atoms with van der Waals surface area (Å²) >= 11 is 0. The van der Waals surface area contributed by atoms with Crippen LogP contribution in [0, 0.1) is 0 Å². The van der Waals surface area contributed by atoms with Crippen LogP contribution in [0.1, 0.15) is 24.4 Å². The lowest BCUT2D eigenvalue weighted by Gasteiger charge is -2.16. The molecule has 0 radical (unpaired) electrons. The zero-order chi connectivity index (χ0) is 13.8. The molecule has 6 heteroatoms. The first-order valence-corrected chi connectivity index (χ1v) is 6.16. The van der Waals surface area contributed by atoms with Gasteiger partial charge in [-0.3, -0.25) is 4.68 Å². The van der Waals surface area contributed by atoms with Crippen LogP contribution in [0.15, 0.2) is 24.5 Å². The van der Waals surface area contributed by atoms with Crippen molar-refractivity contribution < 1.29 is 10.2 Å². The maximum Gasteiger partial charge on any atom is 0.151 e. The van der Waals surface area contributed by atoms with Gasteiger partial charge in [-0.05, 0) is 19.1 Å². The second-order valence-electron chi connectivity index (χ2n) is 4.47. The minimum Gasteiger partial charge on any atom is -0.507 e. The van der Waals surface area contributed by atoms with Crippen LogP contribution in [0.3, 0.4) is 0 Å². The Balaban J connectivity index is 1.92. The lowest BCUT2D eigenvalue weighted by molar-refractivity contribution is 0.419. The van der Waals surface area contributed by atoms with Crippen molar-refractivity contribution in [1.82, 2.24) is 20.1 Å². The Kier molecular flexibility index (Phi) is 4.01. The lowest BCUT2D eigenvalue weighted by Crippen LogP contribution is -2.22. The van der Waals surface area contributed by atoms with E-state index in [1.54, 1.807) is 29.2 Å². The number of nitrogens with one attached hydrogen (secondary N) is 1. The van der Waals surface area contributed by atoms with E-state index in [2.05, 4.69) is 15.4 Å². The Morgan fingerprint density at radius 1 is 1.32 bits per heavy atom. The van der Waals surface area contributed by atoms with E-state index in [1.807, 2.05) is 14.0 Å². The van der Waals surface area contributed by atoms with Crippen molar-refractivity contribution in [2.24, 2.45) is 7.05 Å². The number of aryl methyl sites for hydroxylation is 1. The highest BCUT2D eigenvalue weighted by atomic mass is 16.3. The molecule has 1 aromatic heterocycles. The summed E-state index contributed by atoms with van der Waals surface area (Å²) < 4.78 is 1.66. The van der Waals surface area contributed by atoms with E-state index >= 15 is 0 Å². The van der Waals surface area contributed by atoms with E-state index in [0.717, 1.165) is 5.82 Å². The summed E-state index contributed by atoms with van der Waals surface area (Å²) in [5, 5.41) is 26.9. The van der Waals surface area contributed by atoms with Gasteiger partial charge in [0.25, 0.3) is 0 Å². The molecule has 0 aliphatic rings. The van der Waals surface area contributed by atoms with Crippen LogP contribution in [0.2, 0.25) is 0 Å². The molecule has 2 aromatic rings. The highest BCUT2D eigenvalue weighted by molar-refractivity contribution is 5.44. The van der Waals surface area contributed by atoms with Crippen molar-refractivity contribution in [3.63, 3.8) is 0 Å². The molecule has 2 rings (SSSR count). The maximum atomic E-state index is 9.75. The molecule has 6 nitrogen and oxygen atoms in total. The molecule has 1 heterocycles. The van der Waals surface area contributed by atoms with Gasteiger partial charge in [-0.1, -0.05) is 6.07 Å². The Bertz CT molecular complexity index is 533. The first-order chi connectivity index (χ1) is 9.08. The fourth-order valence-corrected chi connectivity index (χ4v) is 1.99. The SMILES string of the molecule is CC(NCCc1ncn(C)n1)c1c(O)cccc1O. The smallest absolute Gasteiger partial charge is 0.151 e. The first kappa shape index (κ1) is 13.4. The normalized spacial score (nSPS) is 12.5. The van der Waals surface area contributed by atoms with E-state index in [4.69, 9.17) is 0 Å². The van der Waals surface area contributed by atoms with Crippen LogP contribution < -0.4 is 5.32 Å².